The number of nitrogens with zero attached hydrogens (tertiary/aromatic N) is 5. The second kappa shape index (κ2) is 6.82. The summed E-state index contributed by atoms with van der Waals surface area (Å²) in [6, 6.07) is 5.64. The molecule has 2 N–H and O–H groups in total. The molecule has 0 spiro atoms. The number of aromatic nitrogens is 5. The van der Waals surface area contributed by atoms with Gasteiger partial charge in [-0.1, -0.05) is 6.07 Å². The number of hydrogen-bond donors (Lipinski definition) is 2. The van der Waals surface area contributed by atoms with Crippen molar-refractivity contribution in [1.82, 2.24) is 29.9 Å². The number of carbonyl (C=O) groups excluding carboxylic acids is 1. The fourth-order valence-electron chi connectivity index (χ4n) is 2.25. The lowest BCUT2D eigenvalue weighted by Gasteiger charge is -2.06. The maximum Gasteiger partial charge on any atom is 0.356 e. The van der Waals surface area contributed by atoms with Crippen LogP contribution in [0.4, 0.5) is 0 Å². The van der Waals surface area contributed by atoms with Crippen LogP contribution in [0.25, 0.3) is 5.65 Å². The molecule has 0 saturated heterocycles. The van der Waals surface area contributed by atoms with E-state index in [1.807, 2.05) is 28.8 Å². The van der Waals surface area contributed by atoms with E-state index in [4.69, 9.17) is 5.11 Å². The highest BCUT2D eigenvalue weighted by Crippen LogP contribution is 2.05. The first-order valence-corrected chi connectivity index (χ1v) is 7.28. The Hall–Kier alpha value is -3.36. The largest absolute Gasteiger partial charge is 0.476 e. The van der Waals surface area contributed by atoms with Gasteiger partial charge >= 0.3 is 5.97 Å². The van der Waals surface area contributed by atoms with Gasteiger partial charge in [-0.25, -0.2) is 14.8 Å². The first-order valence-electron chi connectivity index (χ1n) is 7.28. The van der Waals surface area contributed by atoms with Gasteiger partial charge < -0.3 is 10.4 Å². The lowest BCUT2D eigenvalue weighted by molar-refractivity contribution is 0.0683. The minimum absolute atomic E-state index is 0.196. The van der Waals surface area contributed by atoms with Gasteiger partial charge in [0.1, 0.15) is 5.82 Å². The molecule has 24 heavy (non-hydrogen) atoms. The lowest BCUT2D eigenvalue weighted by Crippen LogP contribution is -2.28. The summed E-state index contributed by atoms with van der Waals surface area (Å²) in [4.78, 5) is 30.5. The molecule has 0 saturated carbocycles. The lowest BCUT2D eigenvalue weighted by atomic mass is 10.2. The second-order valence-electron chi connectivity index (χ2n) is 4.96. The molecule has 0 unspecified atom stereocenters. The smallest absolute Gasteiger partial charge is 0.356 e. The zero-order chi connectivity index (χ0) is 16.9. The van der Waals surface area contributed by atoms with Crippen LogP contribution in [0.1, 0.15) is 33.2 Å². The minimum atomic E-state index is -1.29. The van der Waals surface area contributed by atoms with Gasteiger partial charge in [-0.2, -0.15) is 0 Å². The molecule has 9 nitrogen and oxygen atoms in total. The standard InChI is InChI=1S/C15H14N6O3/c22-14(12-13(15(23)24)17-8-7-16-12)18-6-3-5-11-20-19-10-4-1-2-9-21(10)11/h1-2,4,7-9H,3,5-6H2,(H,18,22)(H,23,24). The predicted molar refractivity (Wildman–Crippen MR) is 82.6 cm³/mol. The molecule has 9 heteroatoms. The third-order valence-corrected chi connectivity index (χ3v) is 3.36. The van der Waals surface area contributed by atoms with Crippen molar-refractivity contribution >= 4 is 17.5 Å². The molecule has 3 aromatic rings. The average Bonchev–Trinajstić information content (AvgIpc) is 3.01. The van der Waals surface area contributed by atoms with Crippen molar-refractivity contribution in [1.29, 1.82) is 0 Å². The summed E-state index contributed by atoms with van der Waals surface area (Å²) in [7, 11) is 0. The first-order chi connectivity index (χ1) is 11.7. The van der Waals surface area contributed by atoms with Gasteiger partial charge in [0.2, 0.25) is 0 Å². The van der Waals surface area contributed by atoms with Crippen LogP contribution < -0.4 is 5.32 Å². The number of carbonyl (C=O) groups is 2. The number of rotatable bonds is 6. The fourth-order valence-corrected chi connectivity index (χ4v) is 2.25. The third kappa shape index (κ3) is 3.19. The Kier molecular flexibility index (Phi) is 4.41. The van der Waals surface area contributed by atoms with E-state index in [9.17, 15) is 9.59 Å². The van der Waals surface area contributed by atoms with E-state index in [-0.39, 0.29) is 11.4 Å². The first kappa shape index (κ1) is 15.5. The summed E-state index contributed by atoms with van der Waals surface area (Å²) in [5.74, 6) is -1.06. The molecule has 122 valence electrons. The Morgan fingerprint density at radius 2 is 1.92 bits per heavy atom. The van der Waals surface area contributed by atoms with Gasteiger partial charge in [0.25, 0.3) is 5.91 Å². The quantitative estimate of drug-likeness (QED) is 0.635. The van der Waals surface area contributed by atoms with Crippen LogP contribution in [0, 0.1) is 0 Å². The molecule has 0 aliphatic heterocycles. The zero-order valence-electron chi connectivity index (χ0n) is 12.6. The summed E-state index contributed by atoms with van der Waals surface area (Å²) in [6.07, 6.45) is 5.64. The molecule has 3 heterocycles. The summed E-state index contributed by atoms with van der Waals surface area (Å²) in [5, 5.41) is 19.8. The maximum absolute atomic E-state index is 12.0. The summed E-state index contributed by atoms with van der Waals surface area (Å²) in [5.41, 5.74) is 0.207. The van der Waals surface area contributed by atoms with E-state index in [1.54, 1.807) is 0 Å². The van der Waals surface area contributed by atoms with Gasteiger partial charge in [-0.15, -0.1) is 10.2 Å². The highest BCUT2D eigenvalue weighted by Gasteiger charge is 2.18. The summed E-state index contributed by atoms with van der Waals surface area (Å²) >= 11 is 0. The van der Waals surface area contributed by atoms with Crippen molar-refractivity contribution in [3.05, 3.63) is 54.0 Å². The van der Waals surface area contributed by atoms with Gasteiger partial charge in [-0.3, -0.25) is 9.20 Å². The predicted octanol–water partition coefficient (Wildman–Crippen LogP) is 0.580. The zero-order valence-corrected chi connectivity index (χ0v) is 12.6. The molecule has 3 aromatic heterocycles. The van der Waals surface area contributed by atoms with Crippen LogP contribution in [0.5, 0.6) is 0 Å². The van der Waals surface area contributed by atoms with E-state index in [2.05, 4.69) is 25.5 Å². The Morgan fingerprint density at radius 3 is 2.71 bits per heavy atom. The third-order valence-electron chi connectivity index (χ3n) is 3.36. The van der Waals surface area contributed by atoms with Crippen molar-refractivity contribution in [2.45, 2.75) is 12.8 Å². The number of carboxylic acid groups (broad SMARTS) is 1. The van der Waals surface area contributed by atoms with Crippen LogP contribution >= 0.6 is 0 Å². The van der Waals surface area contributed by atoms with Crippen molar-refractivity contribution < 1.29 is 14.7 Å². The van der Waals surface area contributed by atoms with E-state index in [0.717, 1.165) is 11.5 Å². The van der Waals surface area contributed by atoms with E-state index in [1.165, 1.54) is 12.4 Å². The molecule has 0 aromatic carbocycles. The number of amides is 1. The summed E-state index contributed by atoms with van der Waals surface area (Å²) < 4.78 is 1.88. The number of carboxylic acids is 1. The van der Waals surface area contributed by atoms with Crippen LogP contribution in [-0.2, 0) is 6.42 Å². The molecule has 0 fully saturated rings. The average molecular weight is 326 g/mol. The molecule has 0 bridgehead atoms. The van der Waals surface area contributed by atoms with Gasteiger partial charge in [-0.05, 0) is 18.6 Å². The van der Waals surface area contributed by atoms with Gasteiger partial charge in [0.05, 0.1) is 0 Å². The van der Waals surface area contributed by atoms with Crippen molar-refractivity contribution in [2.24, 2.45) is 0 Å². The minimum Gasteiger partial charge on any atom is -0.476 e. The Bertz CT molecular complexity index is 892. The van der Waals surface area contributed by atoms with Crippen LogP contribution in [0.3, 0.4) is 0 Å². The van der Waals surface area contributed by atoms with E-state index >= 15 is 0 Å². The monoisotopic (exact) mass is 326 g/mol. The number of aromatic carboxylic acids is 1. The highest BCUT2D eigenvalue weighted by molar-refractivity contribution is 6.01. The Labute approximate surface area is 136 Å². The highest BCUT2D eigenvalue weighted by atomic mass is 16.4. The molecule has 0 aliphatic rings. The second-order valence-corrected chi connectivity index (χ2v) is 4.96. The number of aryl methyl sites for hydroxylation is 1. The maximum atomic E-state index is 12.0. The van der Waals surface area contributed by atoms with Gasteiger partial charge in [0, 0.05) is 31.6 Å². The number of nitrogens with one attached hydrogen (secondary N) is 1. The molecular weight excluding hydrogens is 312 g/mol. The molecular formula is C15H14N6O3. The molecule has 1 amide bonds. The normalized spacial score (nSPS) is 10.7. The fraction of sp³-hybridized carbons (Fsp3) is 0.200. The van der Waals surface area contributed by atoms with Crippen LogP contribution in [-0.4, -0.2) is 48.1 Å². The van der Waals surface area contributed by atoms with E-state index < -0.39 is 11.9 Å². The molecule has 0 radical (unpaired) electrons. The number of fused-ring (bicyclic) bond motifs is 1. The topological polar surface area (TPSA) is 122 Å². The molecule has 3 rings (SSSR count). The van der Waals surface area contributed by atoms with Crippen LogP contribution in [0.15, 0.2) is 36.8 Å². The van der Waals surface area contributed by atoms with Gasteiger partial charge in [0.15, 0.2) is 17.0 Å². The van der Waals surface area contributed by atoms with Crippen molar-refractivity contribution in [3.8, 4) is 0 Å². The SMILES string of the molecule is O=C(O)c1nccnc1C(=O)NCCCc1nnc2ccccn12. The molecule has 0 atom stereocenters. The molecule has 0 aliphatic carbocycles. The van der Waals surface area contributed by atoms with Crippen molar-refractivity contribution in [3.63, 3.8) is 0 Å². The Morgan fingerprint density at radius 1 is 1.12 bits per heavy atom. The van der Waals surface area contributed by atoms with Crippen LogP contribution in [0.2, 0.25) is 0 Å². The Balaban J connectivity index is 1.57. The number of pyridine rings is 1. The van der Waals surface area contributed by atoms with E-state index in [0.29, 0.717) is 19.4 Å². The number of hydrogen-bond acceptors (Lipinski definition) is 6. The summed E-state index contributed by atoms with van der Waals surface area (Å²) in [6.45, 7) is 0.357. The van der Waals surface area contributed by atoms with Crippen molar-refractivity contribution in [2.75, 3.05) is 6.54 Å².